The van der Waals surface area contributed by atoms with Gasteiger partial charge in [-0.2, -0.15) is 0 Å². The van der Waals surface area contributed by atoms with Crippen molar-refractivity contribution >= 4 is 0 Å². The molecule has 2 aliphatic rings. The van der Waals surface area contributed by atoms with Gasteiger partial charge in [-0.25, -0.2) is 0 Å². The summed E-state index contributed by atoms with van der Waals surface area (Å²) in [6.45, 7) is 1.99. The monoisotopic (exact) mass is 245 g/mol. The average Bonchev–Trinajstić information content (AvgIpc) is 2.66. The quantitative estimate of drug-likeness (QED) is 0.818. The van der Waals surface area contributed by atoms with Crippen LogP contribution in [-0.4, -0.2) is 18.7 Å². The van der Waals surface area contributed by atoms with E-state index in [9.17, 15) is 0 Å². The number of ether oxygens (including phenoxy) is 1. The molecule has 1 unspecified atom stereocenters. The lowest BCUT2D eigenvalue weighted by molar-refractivity contribution is -0.126. The Labute approximate surface area is 110 Å². The largest absolute Gasteiger partial charge is 0.364 e. The van der Waals surface area contributed by atoms with Crippen LogP contribution in [0.5, 0.6) is 0 Å². The van der Waals surface area contributed by atoms with Crippen molar-refractivity contribution in [3.05, 3.63) is 35.9 Å². The average molecular weight is 245 g/mol. The number of rotatable bonds is 1. The summed E-state index contributed by atoms with van der Waals surface area (Å²) in [5, 5.41) is 3.60. The molecular formula is C16H23NO. The van der Waals surface area contributed by atoms with Crippen molar-refractivity contribution in [2.75, 3.05) is 13.1 Å². The van der Waals surface area contributed by atoms with Crippen LogP contribution in [0, 0.1) is 0 Å². The first-order valence-corrected chi connectivity index (χ1v) is 7.32. The van der Waals surface area contributed by atoms with Crippen molar-refractivity contribution in [2.45, 2.75) is 50.2 Å². The number of hydrogen-bond donors (Lipinski definition) is 1. The van der Waals surface area contributed by atoms with E-state index in [4.69, 9.17) is 4.74 Å². The van der Waals surface area contributed by atoms with Gasteiger partial charge in [0.1, 0.15) is 0 Å². The van der Waals surface area contributed by atoms with Crippen LogP contribution in [0.1, 0.15) is 50.2 Å². The van der Waals surface area contributed by atoms with Crippen molar-refractivity contribution in [1.29, 1.82) is 0 Å². The van der Waals surface area contributed by atoms with E-state index in [1.807, 2.05) is 0 Å². The molecule has 0 radical (unpaired) electrons. The second-order valence-corrected chi connectivity index (χ2v) is 5.75. The molecule has 1 aliphatic carbocycles. The molecule has 1 N–H and O–H groups in total. The summed E-state index contributed by atoms with van der Waals surface area (Å²) in [4.78, 5) is 0. The van der Waals surface area contributed by atoms with Crippen molar-refractivity contribution in [3.63, 3.8) is 0 Å². The third kappa shape index (κ3) is 2.60. The summed E-state index contributed by atoms with van der Waals surface area (Å²) >= 11 is 0. The van der Waals surface area contributed by atoms with Crippen LogP contribution in [0.3, 0.4) is 0 Å². The smallest absolute Gasteiger partial charge is 0.0957 e. The maximum Gasteiger partial charge on any atom is 0.0957 e. The zero-order chi connectivity index (χ0) is 12.3. The fourth-order valence-corrected chi connectivity index (χ4v) is 3.34. The van der Waals surface area contributed by atoms with Crippen molar-refractivity contribution in [2.24, 2.45) is 0 Å². The standard InChI is InChI=1S/C16H23NO/c1-2-7-11-16(10-6-1)13-17-12-15(18-16)14-8-4-3-5-9-14/h3-5,8-9,15,17H,1-2,6-7,10-13H2. The Hall–Kier alpha value is -0.860. The molecule has 0 aromatic heterocycles. The highest BCUT2D eigenvalue weighted by molar-refractivity contribution is 5.19. The number of morpholine rings is 1. The molecule has 2 fully saturated rings. The van der Waals surface area contributed by atoms with Gasteiger partial charge in [-0.3, -0.25) is 0 Å². The Kier molecular flexibility index (Phi) is 3.67. The lowest BCUT2D eigenvalue weighted by Crippen LogP contribution is -2.50. The van der Waals surface area contributed by atoms with Gasteiger partial charge in [0.25, 0.3) is 0 Å². The number of nitrogens with one attached hydrogen (secondary N) is 1. The van der Waals surface area contributed by atoms with Gasteiger partial charge in [-0.15, -0.1) is 0 Å². The van der Waals surface area contributed by atoms with Crippen LogP contribution in [-0.2, 0) is 4.74 Å². The molecule has 1 heterocycles. The van der Waals surface area contributed by atoms with Crippen LogP contribution in [0.2, 0.25) is 0 Å². The summed E-state index contributed by atoms with van der Waals surface area (Å²) < 4.78 is 6.52. The van der Waals surface area contributed by atoms with Crippen LogP contribution in [0.4, 0.5) is 0 Å². The molecule has 3 rings (SSSR count). The van der Waals surface area contributed by atoms with E-state index in [0.717, 1.165) is 13.1 Å². The molecule has 18 heavy (non-hydrogen) atoms. The maximum absolute atomic E-state index is 6.52. The van der Waals surface area contributed by atoms with Gasteiger partial charge in [0.2, 0.25) is 0 Å². The summed E-state index contributed by atoms with van der Waals surface area (Å²) in [6.07, 6.45) is 8.08. The molecular weight excluding hydrogens is 222 g/mol. The minimum atomic E-state index is 0.106. The van der Waals surface area contributed by atoms with E-state index in [1.165, 1.54) is 44.1 Å². The lowest BCUT2D eigenvalue weighted by atomic mass is 9.91. The van der Waals surface area contributed by atoms with Crippen molar-refractivity contribution in [1.82, 2.24) is 5.32 Å². The second kappa shape index (κ2) is 5.41. The Balaban J connectivity index is 1.75. The summed E-state index contributed by atoms with van der Waals surface area (Å²) in [7, 11) is 0. The predicted octanol–water partition coefficient (Wildman–Crippen LogP) is 3.44. The van der Waals surface area contributed by atoms with Gasteiger partial charge < -0.3 is 10.1 Å². The Morgan fingerprint density at radius 2 is 1.72 bits per heavy atom. The topological polar surface area (TPSA) is 21.3 Å². The predicted molar refractivity (Wildman–Crippen MR) is 73.6 cm³/mol. The highest BCUT2D eigenvalue weighted by Gasteiger charge is 2.37. The molecule has 1 atom stereocenters. The van der Waals surface area contributed by atoms with Crippen molar-refractivity contribution in [3.8, 4) is 0 Å². The maximum atomic E-state index is 6.52. The fourth-order valence-electron chi connectivity index (χ4n) is 3.34. The first-order chi connectivity index (χ1) is 8.88. The summed E-state index contributed by atoms with van der Waals surface area (Å²) in [5.74, 6) is 0. The van der Waals surface area contributed by atoms with E-state index in [0.29, 0.717) is 0 Å². The minimum Gasteiger partial charge on any atom is -0.364 e. The van der Waals surface area contributed by atoms with E-state index in [2.05, 4.69) is 35.6 Å². The second-order valence-electron chi connectivity index (χ2n) is 5.75. The Bertz CT molecular complexity index is 368. The van der Waals surface area contributed by atoms with E-state index < -0.39 is 0 Å². The highest BCUT2D eigenvalue weighted by atomic mass is 16.5. The number of benzene rings is 1. The minimum absolute atomic E-state index is 0.106. The van der Waals surface area contributed by atoms with E-state index in [1.54, 1.807) is 0 Å². The van der Waals surface area contributed by atoms with Crippen molar-refractivity contribution < 1.29 is 4.74 Å². The first-order valence-electron chi connectivity index (χ1n) is 7.32. The SMILES string of the molecule is c1ccc(C2CNCC3(CCCCCC3)O2)cc1. The first kappa shape index (κ1) is 12.2. The van der Waals surface area contributed by atoms with Gasteiger partial charge in [0.15, 0.2) is 0 Å². The molecule has 1 saturated carbocycles. The molecule has 0 bridgehead atoms. The number of hydrogen-bond acceptors (Lipinski definition) is 2. The molecule has 1 aliphatic heterocycles. The zero-order valence-electron chi connectivity index (χ0n) is 11.0. The van der Waals surface area contributed by atoms with E-state index >= 15 is 0 Å². The van der Waals surface area contributed by atoms with Gasteiger partial charge in [-0.05, 0) is 18.4 Å². The third-order valence-electron chi connectivity index (χ3n) is 4.36. The summed E-state index contributed by atoms with van der Waals surface area (Å²) in [5.41, 5.74) is 1.42. The molecule has 98 valence electrons. The Morgan fingerprint density at radius 3 is 2.44 bits per heavy atom. The molecule has 2 nitrogen and oxygen atoms in total. The van der Waals surface area contributed by atoms with Gasteiger partial charge >= 0.3 is 0 Å². The van der Waals surface area contributed by atoms with Crippen LogP contribution < -0.4 is 5.32 Å². The Morgan fingerprint density at radius 1 is 1.00 bits per heavy atom. The van der Waals surface area contributed by atoms with Gasteiger partial charge in [0, 0.05) is 13.1 Å². The third-order valence-corrected chi connectivity index (χ3v) is 4.36. The zero-order valence-corrected chi connectivity index (χ0v) is 11.0. The summed E-state index contributed by atoms with van der Waals surface area (Å²) in [6, 6.07) is 10.6. The molecule has 1 aromatic rings. The van der Waals surface area contributed by atoms with Crippen LogP contribution in [0.15, 0.2) is 30.3 Å². The van der Waals surface area contributed by atoms with E-state index in [-0.39, 0.29) is 11.7 Å². The van der Waals surface area contributed by atoms with Gasteiger partial charge in [-0.1, -0.05) is 56.0 Å². The van der Waals surface area contributed by atoms with Crippen LogP contribution in [0.25, 0.3) is 0 Å². The van der Waals surface area contributed by atoms with Gasteiger partial charge in [0.05, 0.1) is 11.7 Å². The molecule has 2 heteroatoms. The fraction of sp³-hybridized carbons (Fsp3) is 0.625. The molecule has 1 saturated heterocycles. The molecule has 1 spiro atoms. The highest BCUT2D eigenvalue weighted by Crippen LogP contribution is 2.36. The lowest BCUT2D eigenvalue weighted by Gasteiger charge is -2.41. The molecule has 0 amide bonds. The molecule has 1 aromatic carbocycles. The van der Waals surface area contributed by atoms with Crippen LogP contribution >= 0.6 is 0 Å². The normalized spacial score (nSPS) is 27.9.